The number of amides is 1. The fourth-order valence-corrected chi connectivity index (χ4v) is 5.94. The standard InChI is InChI=1S/C29H25F6N3O6S/c1-17-2-4-20(5-3-17)45(40,41)38-14-18(8-11-43-29(33,34)35)25-23(7-10-36-27(25)38)44-26-21(30)12-19(13-22(26)31)37-24(39)6-9-28(32)15-42-16-28/h2-5,7,10,12-14H,6,8-9,11,15-16H2,1H3,(H,37,39). The first-order valence-corrected chi connectivity index (χ1v) is 14.8. The van der Waals surface area contributed by atoms with Gasteiger partial charge in [0.25, 0.3) is 10.0 Å². The van der Waals surface area contributed by atoms with E-state index >= 15 is 8.78 Å². The number of aromatic nitrogens is 2. The Bertz CT molecular complexity index is 1820. The van der Waals surface area contributed by atoms with E-state index in [-0.39, 0.29) is 59.0 Å². The Morgan fingerprint density at radius 3 is 2.38 bits per heavy atom. The SMILES string of the molecule is Cc1ccc(S(=O)(=O)n2cc(CCOC(F)(F)F)c3c(Oc4c(F)cc(NC(=O)CCC5(F)COC5)cc4F)ccnc32)cc1. The van der Waals surface area contributed by atoms with E-state index in [2.05, 4.69) is 15.0 Å². The Labute approximate surface area is 252 Å². The highest BCUT2D eigenvalue weighted by Crippen LogP contribution is 2.37. The fraction of sp³-hybridized carbons (Fsp3) is 0.310. The lowest BCUT2D eigenvalue weighted by Crippen LogP contribution is -2.45. The van der Waals surface area contributed by atoms with Crippen molar-refractivity contribution in [3.8, 4) is 11.5 Å². The maximum absolute atomic E-state index is 15.1. The van der Waals surface area contributed by atoms with Gasteiger partial charge in [-0.15, -0.1) is 13.2 Å². The quantitative estimate of drug-likeness (QED) is 0.192. The Balaban J connectivity index is 1.47. The van der Waals surface area contributed by atoms with E-state index in [1.165, 1.54) is 12.1 Å². The van der Waals surface area contributed by atoms with Crippen LogP contribution in [-0.2, 0) is 30.7 Å². The number of halogens is 6. The summed E-state index contributed by atoms with van der Waals surface area (Å²) < 4.78 is 124. The van der Waals surface area contributed by atoms with Crippen LogP contribution in [0.4, 0.5) is 32.0 Å². The van der Waals surface area contributed by atoms with Crippen LogP contribution in [0.1, 0.15) is 24.0 Å². The molecule has 1 amide bonds. The van der Waals surface area contributed by atoms with Crippen molar-refractivity contribution in [1.82, 2.24) is 8.96 Å². The second-order valence-corrected chi connectivity index (χ2v) is 12.2. The van der Waals surface area contributed by atoms with Crippen LogP contribution in [0, 0.1) is 18.6 Å². The van der Waals surface area contributed by atoms with E-state index in [4.69, 9.17) is 9.47 Å². The third kappa shape index (κ3) is 7.23. The van der Waals surface area contributed by atoms with E-state index in [1.807, 2.05) is 0 Å². The molecule has 3 heterocycles. The molecule has 0 unspecified atom stereocenters. The first-order valence-electron chi connectivity index (χ1n) is 13.4. The molecule has 0 saturated carbocycles. The van der Waals surface area contributed by atoms with Gasteiger partial charge in [0, 0.05) is 36.6 Å². The molecule has 2 aromatic carbocycles. The molecule has 1 saturated heterocycles. The number of hydrogen-bond donors (Lipinski definition) is 1. The van der Waals surface area contributed by atoms with Crippen molar-refractivity contribution in [2.45, 2.75) is 43.1 Å². The van der Waals surface area contributed by atoms with Crippen molar-refractivity contribution >= 4 is 32.7 Å². The maximum Gasteiger partial charge on any atom is 0.522 e. The predicted octanol–water partition coefficient (Wildman–Crippen LogP) is 6.19. The van der Waals surface area contributed by atoms with Gasteiger partial charge in [0.1, 0.15) is 5.75 Å². The number of alkyl halides is 4. The van der Waals surface area contributed by atoms with Crippen LogP contribution in [0.3, 0.4) is 0 Å². The van der Waals surface area contributed by atoms with Gasteiger partial charge in [0.05, 0.1) is 30.1 Å². The number of anilines is 1. The van der Waals surface area contributed by atoms with Gasteiger partial charge in [-0.05, 0) is 43.5 Å². The predicted molar refractivity (Wildman–Crippen MR) is 148 cm³/mol. The van der Waals surface area contributed by atoms with Crippen LogP contribution >= 0.6 is 0 Å². The van der Waals surface area contributed by atoms with Crippen LogP contribution < -0.4 is 10.1 Å². The number of rotatable bonds is 11. The Morgan fingerprint density at radius 2 is 1.78 bits per heavy atom. The van der Waals surface area contributed by atoms with Crippen molar-refractivity contribution < 1.29 is 53.8 Å². The molecule has 1 fully saturated rings. The molecule has 16 heteroatoms. The number of carbonyl (C=O) groups excluding carboxylic acids is 1. The molecule has 9 nitrogen and oxygen atoms in total. The van der Waals surface area contributed by atoms with Crippen molar-refractivity contribution in [2.75, 3.05) is 25.1 Å². The van der Waals surface area contributed by atoms with Crippen LogP contribution in [0.2, 0.25) is 0 Å². The summed E-state index contributed by atoms with van der Waals surface area (Å²) in [6.07, 6.45) is -3.70. The maximum atomic E-state index is 15.1. The summed E-state index contributed by atoms with van der Waals surface area (Å²) in [5.41, 5.74) is -1.43. The second kappa shape index (κ2) is 12.3. The van der Waals surface area contributed by atoms with E-state index in [1.54, 1.807) is 19.1 Å². The van der Waals surface area contributed by atoms with Gasteiger partial charge in [-0.1, -0.05) is 17.7 Å². The molecule has 4 aromatic rings. The number of aryl methyl sites for hydroxylation is 1. The molecule has 240 valence electrons. The van der Waals surface area contributed by atoms with Crippen molar-refractivity contribution in [2.24, 2.45) is 0 Å². The van der Waals surface area contributed by atoms with Gasteiger partial charge in [-0.3, -0.25) is 9.53 Å². The zero-order valence-corrected chi connectivity index (χ0v) is 24.3. The zero-order chi connectivity index (χ0) is 32.6. The summed E-state index contributed by atoms with van der Waals surface area (Å²) in [6, 6.07) is 8.46. The lowest BCUT2D eigenvalue weighted by molar-refractivity contribution is -0.324. The Hall–Kier alpha value is -4.15. The molecule has 5 rings (SSSR count). The lowest BCUT2D eigenvalue weighted by Gasteiger charge is -2.33. The summed E-state index contributed by atoms with van der Waals surface area (Å²) >= 11 is 0. The van der Waals surface area contributed by atoms with Gasteiger partial charge < -0.3 is 14.8 Å². The average Bonchev–Trinajstić information content (AvgIpc) is 3.32. The van der Waals surface area contributed by atoms with Crippen molar-refractivity contribution in [1.29, 1.82) is 0 Å². The number of benzene rings is 2. The highest BCUT2D eigenvalue weighted by molar-refractivity contribution is 7.90. The smallest absolute Gasteiger partial charge is 0.450 e. The number of hydrogen-bond acceptors (Lipinski definition) is 7. The lowest BCUT2D eigenvalue weighted by atomic mass is 9.98. The average molecular weight is 658 g/mol. The molecule has 0 radical (unpaired) electrons. The molecular weight excluding hydrogens is 632 g/mol. The van der Waals surface area contributed by atoms with E-state index in [9.17, 15) is 30.8 Å². The van der Waals surface area contributed by atoms with Gasteiger partial charge in [-0.25, -0.2) is 30.5 Å². The second-order valence-electron chi connectivity index (χ2n) is 10.4. The van der Waals surface area contributed by atoms with Crippen LogP contribution in [0.25, 0.3) is 11.0 Å². The summed E-state index contributed by atoms with van der Waals surface area (Å²) in [5, 5.41) is 2.15. The molecule has 0 bridgehead atoms. The first-order chi connectivity index (χ1) is 21.1. The van der Waals surface area contributed by atoms with E-state index < -0.39 is 58.4 Å². The van der Waals surface area contributed by atoms with Gasteiger partial charge in [-0.2, -0.15) is 0 Å². The van der Waals surface area contributed by atoms with Crippen LogP contribution in [-0.4, -0.2) is 55.1 Å². The number of nitrogens with one attached hydrogen (secondary N) is 1. The highest BCUT2D eigenvalue weighted by Gasteiger charge is 2.38. The summed E-state index contributed by atoms with van der Waals surface area (Å²) in [4.78, 5) is 16.1. The molecular formula is C29H25F6N3O6S. The minimum Gasteiger partial charge on any atom is -0.450 e. The first kappa shape index (κ1) is 32.2. The molecule has 1 N–H and O–H groups in total. The number of pyridine rings is 1. The summed E-state index contributed by atoms with van der Waals surface area (Å²) in [6.45, 7) is 0.554. The minimum absolute atomic E-state index is 0.0276. The minimum atomic E-state index is -4.97. The molecule has 2 aromatic heterocycles. The highest BCUT2D eigenvalue weighted by atomic mass is 32.2. The topological polar surface area (TPSA) is 109 Å². The molecule has 0 aliphatic carbocycles. The van der Waals surface area contributed by atoms with Gasteiger partial charge >= 0.3 is 6.36 Å². The third-order valence-electron chi connectivity index (χ3n) is 6.93. The monoisotopic (exact) mass is 657 g/mol. The summed E-state index contributed by atoms with van der Waals surface area (Å²) in [7, 11) is -4.33. The fourth-order valence-electron chi connectivity index (χ4n) is 4.60. The zero-order valence-electron chi connectivity index (χ0n) is 23.5. The van der Waals surface area contributed by atoms with Gasteiger partial charge in [0.15, 0.2) is 28.7 Å². The van der Waals surface area contributed by atoms with Crippen LogP contribution in [0.15, 0.2) is 59.8 Å². The molecule has 45 heavy (non-hydrogen) atoms. The molecule has 0 spiro atoms. The molecule has 1 aliphatic rings. The summed E-state index contributed by atoms with van der Waals surface area (Å²) in [5.74, 6) is -4.48. The molecule has 1 aliphatic heterocycles. The Kier molecular flexibility index (Phi) is 8.83. The largest absolute Gasteiger partial charge is 0.522 e. The number of fused-ring (bicyclic) bond motifs is 1. The van der Waals surface area contributed by atoms with Crippen LogP contribution in [0.5, 0.6) is 11.5 Å². The van der Waals surface area contributed by atoms with E-state index in [0.29, 0.717) is 0 Å². The number of carbonyl (C=O) groups is 1. The molecule has 0 atom stereocenters. The number of nitrogens with zero attached hydrogens (tertiary/aromatic N) is 2. The van der Waals surface area contributed by atoms with Gasteiger partial charge in [0.2, 0.25) is 5.91 Å². The number of ether oxygens (including phenoxy) is 3. The van der Waals surface area contributed by atoms with Crippen molar-refractivity contribution in [3.63, 3.8) is 0 Å². The normalized spacial score (nSPS) is 14.7. The third-order valence-corrected chi connectivity index (χ3v) is 8.59. The Morgan fingerprint density at radius 1 is 1.11 bits per heavy atom. The van der Waals surface area contributed by atoms with Crippen molar-refractivity contribution in [3.05, 3.63) is 77.6 Å². The van der Waals surface area contributed by atoms with E-state index in [0.717, 1.165) is 40.1 Å².